The van der Waals surface area contributed by atoms with Crippen molar-refractivity contribution >= 4 is 11.9 Å². The van der Waals surface area contributed by atoms with Gasteiger partial charge in [-0.15, -0.1) is 0 Å². The summed E-state index contributed by atoms with van der Waals surface area (Å²) in [6.45, 7) is 1.50. The molecule has 5 heteroatoms. The number of aliphatic hydroxyl groups excluding tert-OH is 1. The molecule has 0 radical (unpaired) electrons. The van der Waals surface area contributed by atoms with Crippen LogP contribution in [0.5, 0.6) is 0 Å². The van der Waals surface area contributed by atoms with Crippen molar-refractivity contribution < 1.29 is 24.9 Å². The Morgan fingerprint density at radius 2 is 1.58 bits per heavy atom. The monoisotopic (exact) mass is 176 g/mol. The van der Waals surface area contributed by atoms with E-state index in [4.69, 9.17) is 15.3 Å². The molecule has 0 aromatic rings. The average Bonchev–Trinajstić information content (AvgIpc) is 1.84. The summed E-state index contributed by atoms with van der Waals surface area (Å²) in [6.07, 6.45) is -1.71. The van der Waals surface area contributed by atoms with Crippen molar-refractivity contribution in [2.45, 2.75) is 25.9 Å². The molecule has 3 N–H and O–H groups in total. The van der Waals surface area contributed by atoms with Crippen molar-refractivity contribution in [3.05, 3.63) is 0 Å². The molecule has 0 fully saturated rings. The first-order valence-corrected chi connectivity index (χ1v) is 3.55. The highest BCUT2D eigenvalue weighted by Crippen LogP contribution is 2.10. The third-order valence-corrected chi connectivity index (χ3v) is 1.54. The van der Waals surface area contributed by atoms with Gasteiger partial charge in [0.25, 0.3) is 0 Å². The molecule has 0 aliphatic heterocycles. The number of hydrogen-bond acceptors (Lipinski definition) is 3. The molecule has 5 nitrogen and oxygen atoms in total. The molecular formula is C7H12O5. The first-order chi connectivity index (χ1) is 5.43. The lowest BCUT2D eigenvalue weighted by atomic mass is 9.99. The quantitative estimate of drug-likeness (QED) is 0.545. The highest BCUT2D eigenvalue weighted by atomic mass is 16.4. The molecule has 0 heterocycles. The molecule has 0 aliphatic carbocycles. The van der Waals surface area contributed by atoms with Crippen molar-refractivity contribution in [2.75, 3.05) is 0 Å². The lowest BCUT2D eigenvalue weighted by molar-refractivity contribution is -0.143. The van der Waals surface area contributed by atoms with Gasteiger partial charge in [0.2, 0.25) is 0 Å². The average molecular weight is 176 g/mol. The first kappa shape index (κ1) is 10.9. The maximum atomic E-state index is 10.1. The van der Waals surface area contributed by atoms with Crippen LogP contribution >= 0.6 is 0 Å². The van der Waals surface area contributed by atoms with Gasteiger partial charge in [0.1, 0.15) is 0 Å². The minimum Gasteiger partial charge on any atom is -0.481 e. The van der Waals surface area contributed by atoms with Crippen LogP contribution < -0.4 is 0 Å². The maximum Gasteiger partial charge on any atom is 0.305 e. The van der Waals surface area contributed by atoms with E-state index in [0.29, 0.717) is 0 Å². The summed E-state index contributed by atoms with van der Waals surface area (Å²) in [5, 5.41) is 25.7. The highest BCUT2D eigenvalue weighted by molar-refractivity contribution is 5.68. The molecule has 2 unspecified atom stereocenters. The van der Waals surface area contributed by atoms with Crippen molar-refractivity contribution in [1.82, 2.24) is 0 Å². The molecule has 2 atom stereocenters. The third kappa shape index (κ3) is 4.68. The van der Waals surface area contributed by atoms with Crippen LogP contribution in [0.3, 0.4) is 0 Å². The van der Waals surface area contributed by atoms with Gasteiger partial charge in [0, 0.05) is 0 Å². The normalized spacial score (nSPS) is 15.2. The van der Waals surface area contributed by atoms with Crippen molar-refractivity contribution in [2.24, 2.45) is 5.92 Å². The molecule has 70 valence electrons. The second kappa shape index (κ2) is 4.71. The molecular weight excluding hydrogens is 164 g/mol. The van der Waals surface area contributed by atoms with E-state index in [0.717, 1.165) is 0 Å². The van der Waals surface area contributed by atoms with Crippen molar-refractivity contribution in [3.63, 3.8) is 0 Å². The Morgan fingerprint density at radius 1 is 1.17 bits per heavy atom. The highest BCUT2D eigenvalue weighted by Gasteiger charge is 2.19. The second-order valence-electron chi connectivity index (χ2n) is 2.74. The van der Waals surface area contributed by atoms with Gasteiger partial charge in [-0.05, 0) is 5.92 Å². The van der Waals surface area contributed by atoms with Gasteiger partial charge in [-0.25, -0.2) is 0 Å². The number of carboxylic acid groups (broad SMARTS) is 2. The van der Waals surface area contributed by atoms with E-state index >= 15 is 0 Å². The van der Waals surface area contributed by atoms with Gasteiger partial charge in [-0.2, -0.15) is 0 Å². The Morgan fingerprint density at radius 3 is 1.92 bits per heavy atom. The Kier molecular flexibility index (Phi) is 4.28. The van der Waals surface area contributed by atoms with Gasteiger partial charge >= 0.3 is 11.9 Å². The zero-order valence-electron chi connectivity index (χ0n) is 6.73. The summed E-state index contributed by atoms with van der Waals surface area (Å²) < 4.78 is 0. The molecule has 0 rings (SSSR count). The molecule has 0 bridgehead atoms. The fourth-order valence-corrected chi connectivity index (χ4v) is 0.792. The minimum atomic E-state index is -1.13. The summed E-state index contributed by atoms with van der Waals surface area (Å²) in [5.74, 6) is -2.69. The van der Waals surface area contributed by atoms with Gasteiger partial charge in [0.15, 0.2) is 0 Å². The van der Waals surface area contributed by atoms with Crippen LogP contribution in [0.1, 0.15) is 19.8 Å². The fourth-order valence-electron chi connectivity index (χ4n) is 0.792. The van der Waals surface area contributed by atoms with Crippen LogP contribution in [0.4, 0.5) is 0 Å². The van der Waals surface area contributed by atoms with E-state index in [1.807, 2.05) is 0 Å². The lowest BCUT2D eigenvalue weighted by Crippen LogP contribution is -2.23. The van der Waals surface area contributed by atoms with Crippen LogP contribution in [-0.2, 0) is 9.59 Å². The Balaban J connectivity index is 3.83. The first-order valence-electron chi connectivity index (χ1n) is 3.55. The minimum absolute atomic E-state index is 0.214. The maximum absolute atomic E-state index is 10.1. The van der Waals surface area contributed by atoms with Crippen LogP contribution in [0.25, 0.3) is 0 Å². The molecule has 0 aromatic carbocycles. The molecule has 12 heavy (non-hydrogen) atoms. The Hall–Kier alpha value is -1.10. The predicted octanol–water partition coefficient (Wildman–Crippen LogP) is -0.0672. The topological polar surface area (TPSA) is 94.8 Å². The van der Waals surface area contributed by atoms with E-state index < -0.39 is 30.4 Å². The van der Waals surface area contributed by atoms with Crippen molar-refractivity contribution in [1.29, 1.82) is 0 Å². The van der Waals surface area contributed by atoms with Crippen LogP contribution in [0.2, 0.25) is 0 Å². The summed E-state index contributed by atoms with van der Waals surface area (Å²) in [4.78, 5) is 20.2. The van der Waals surface area contributed by atoms with E-state index in [1.54, 1.807) is 0 Å². The summed E-state index contributed by atoms with van der Waals surface area (Å²) in [5.41, 5.74) is 0. The molecule has 0 aliphatic rings. The second-order valence-corrected chi connectivity index (χ2v) is 2.74. The summed E-state index contributed by atoms with van der Waals surface area (Å²) in [6, 6.07) is 0. The lowest BCUT2D eigenvalue weighted by Gasteiger charge is -2.14. The molecule has 0 saturated heterocycles. The van der Waals surface area contributed by atoms with E-state index in [1.165, 1.54) is 6.92 Å². The molecule has 0 aromatic heterocycles. The van der Waals surface area contributed by atoms with Crippen LogP contribution in [0.15, 0.2) is 0 Å². The summed E-state index contributed by atoms with van der Waals surface area (Å²) in [7, 11) is 0. The van der Waals surface area contributed by atoms with Gasteiger partial charge in [-0.3, -0.25) is 9.59 Å². The number of carbonyl (C=O) groups is 2. The van der Waals surface area contributed by atoms with Gasteiger partial charge in [-0.1, -0.05) is 6.92 Å². The predicted molar refractivity (Wildman–Crippen MR) is 39.7 cm³/mol. The molecule has 0 spiro atoms. The number of aliphatic hydroxyl groups is 1. The zero-order chi connectivity index (χ0) is 9.72. The number of aliphatic carboxylic acids is 2. The molecule has 0 saturated carbocycles. The van der Waals surface area contributed by atoms with E-state index in [2.05, 4.69) is 0 Å². The van der Waals surface area contributed by atoms with Crippen LogP contribution in [0, 0.1) is 5.92 Å². The van der Waals surface area contributed by atoms with Gasteiger partial charge < -0.3 is 15.3 Å². The number of carboxylic acids is 2. The van der Waals surface area contributed by atoms with Crippen LogP contribution in [-0.4, -0.2) is 33.4 Å². The third-order valence-electron chi connectivity index (χ3n) is 1.54. The number of rotatable bonds is 5. The van der Waals surface area contributed by atoms with Crippen molar-refractivity contribution in [3.8, 4) is 0 Å². The van der Waals surface area contributed by atoms with Gasteiger partial charge in [0.05, 0.1) is 18.9 Å². The Bertz CT molecular complexity index is 157. The SMILES string of the molecule is CC(CC(=O)O)C(O)CC(=O)O. The van der Waals surface area contributed by atoms with E-state index in [-0.39, 0.29) is 6.42 Å². The molecule has 0 amide bonds. The zero-order valence-corrected chi connectivity index (χ0v) is 6.73. The van der Waals surface area contributed by atoms with E-state index in [9.17, 15) is 9.59 Å². The largest absolute Gasteiger partial charge is 0.481 e. The standard InChI is InChI=1S/C7H12O5/c1-4(2-6(9)10)5(8)3-7(11)12/h4-5,8H,2-3H2,1H3,(H,9,10)(H,11,12). The Labute approximate surface area is 69.6 Å². The smallest absolute Gasteiger partial charge is 0.305 e. The number of hydrogen-bond donors (Lipinski definition) is 3. The fraction of sp³-hybridized carbons (Fsp3) is 0.714. The summed E-state index contributed by atoms with van der Waals surface area (Å²) >= 11 is 0.